The first-order valence-electron chi connectivity index (χ1n) is 6.55. The predicted molar refractivity (Wildman–Crippen MR) is 77.3 cm³/mol. The van der Waals surface area contributed by atoms with Gasteiger partial charge in [-0.05, 0) is 37.9 Å². The van der Waals surface area contributed by atoms with Gasteiger partial charge in [0.25, 0.3) is 0 Å². The maximum absolute atomic E-state index is 5.78. The van der Waals surface area contributed by atoms with Gasteiger partial charge in [0.05, 0.1) is 17.8 Å². The van der Waals surface area contributed by atoms with Crippen LogP contribution in [-0.2, 0) is 6.54 Å². The first-order valence-corrected chi connectivity index (χ1v) is 6.96. The fraction of sp³-hybridized carbons (Fsp3) is 0.643. The lowest BCUT2D eigenvalue weighted by Gasteiger charge is -2.28. The molecule has 0 aromatic carbocycles. The number of nitrogens with two attached hydrogens (primary N) is 1. The summed E-state index contributed by atoms with van der Waals surface area (Å²) in [4.78, 5) is 3.09. The topological polar surface area (TPSA) is 42.4 Å². The summed E-state index contributed by atoms with van der Waals surface area (Å²) in [6.07, 6.45) is 5.33. The number of furan rings is 1. The molecule has 1 aliphatic rings. The van der Waals surface area contributed by atoms with Gasteiger partial charge in [-0.25, -0.2) is 0 Å². The zero-order valence-corrected chi connectivity index (χ0v) is 12.0. The molecule has 1 fully saturated rings. The molecule has 1 heterocycles. The first-order chi connectivity index (χ1) is 8.49. The van der Waals surface area contributed by atoms with Crippen molar-refractivity contribution in [1.29, 1.82) is 0 Å². The molecule has 0 amide bonds. The van der Waals surface area contributed by atoms with Crippen molar-refractivity contribution < 1.29 is 4.42 Å². The van der Waals surface area contributed by atoms with Crippen LogP contribution in [0.25, 0.3) is 0 Å². The molecule has 1 aromatic rings. The summed E-state index contributed by atoms with van der Waals surface area (Å²) in [5.41, 5.74) is 5.71. The highest BCUT2D eigenvalue weighted by Gasteiger charge is 2.31. The number of nitrogens with zero attached hydrogens (tertiary/aromatic N) is 1. The molecule has 0 unspecified atom stereocenters. The number of thiocarbonyl (C=S) groups is 1. The van der Waals surface area contributed by atoms with Gasteiger partial charge in [0, 0.05) is 11.5 Å². The van der Waals surface area contributed by atoms with Crippen molar-refractivity contribution in [2.75, 3.05) is 6.54 Å². The zero-order chi connectivity index (χ0) is 13.2. The van der Waals surface area contributed by atoms with Crippen LogP contribution >= 0.6 is 12.2 Å². The molecule has 0 aliphatic heterocycles. The third-order valence-corrected chi connectivity index (χ3v) is 4.25. The SMILES string of the molecule is CC(C)(CCN(Cc1ccco1)C1CC1)C(N)=S. The van der Waals surface area contributed by atoms with Gasteiger partial charge in [-0.15, -0.1) is 0 Å². The molecular weight excluding hydrogens is 244 g/mol. The minimum absolute atomic E-state index is 0.0639. The molecule has 0 atom stereocenters. The molecule has 0 radical (unpaired) electrons. The lowest BCUT2D eigenvalue weighted by atomic mass is 9.89. The van der Waals surface area contributed by atoms with Gasteiger partial charge in [-0.3, -0.25) is 4.90 Å². The largest absolute Gasteiger partial charge is 0.468 e. The normalized spacial score (nSPS) is 16.2. The lowest BCUT2D eigenvalue weighted by Crippen LogP contribution is -2.35. The van der Waals surface area contributed by atoms with Crippen LogP contribution in [0, 0.1) is 5.41 Å². The highest BCUT2D eigenvalue weighted by atomic mass is 32.1. The van der Waals surface area contributed by atoms with E-state index in [1.54, 1.807) is 6.26 Å². The van der Waals surface area contributed by atoms with Gasteiger partial charge in [0.2, 0.25) is 0 Å². The smallest absolute Gasteiger partial charge is 0.117 e. The van der Waals surface area contributed by atoms with Crippen LogP contribution in [0.2, 0.25) is 0 Å². The summed E-state index contributed by atoms with van der Waals surface area (Å²) in [5, 5.41) is 0. The van der Waals surface area contributed by atoms with Crippen LogP contribution in [0.4, 0.5) is 0 Å². The minimum Gasteiger partial charge on any atom is -0.468 e. The fourth-order valence-corrected chi connectivity index (χ4v) is 2.08. The van der Waals surface area contributed by atoms with Gasteiger partial charge in [-0.2, -0.15) is 0 Å². The van der Waals surface area contributed by atoms with E-state index in [1.807, 2.05) is 12.1 Å². The quantitative estimate of drug-likeness (QED) is 0.771. The molecule has 3 nitrogen and oxygen atoms in total. The highest BCUT2D eigenvalue weighted by molar-refractivity contribution is 7.80. The maximum Gasteiger partial charge on any atom is 0.117 e. The van der Waals surface area contributed by atoms with E-state index in [-0.39, 0.29) is 5.41 Å². The Morgan fingerprint density at radius 1 is 1.56 bits per heavy atom. The van der Waals surface area contributed by atoms with E-state index >= 15 is 0 Å². The third kappa shape index (κ3) is 3.56. The molecule has 0 bridgehead atoms. The molecule has 1 aromatic heterocycles. The van der Waals surface area contributed by atoms with Crippen molar-refractivity contribution in [2.45, 2.75) is 45.7 Å². The first kappa shape index (κ1) is 13.6. The molecule has 100 valence electrons. The molecule has 4 heteroatoms. The van der Waals surface area contributed by atoms with E-state index < -0.39 is 0 Å². The average molecular weight is 266 g/mol. The molecule has 2 rings (SSSR count). The van der Waals surface area contributed by atoms with Crippen LogP contribution in [0.1, 0.15) is 38.9 Å². The van der Waals surface area contributed by atoms with E-state index in [1.165, 1.54) is 12.8 Å². The van der Waals surface area contributed by atoms with E-state index in [0.717, 1.165) is 31.3 Å². The van der Waals surface area contributed by atoms with Crippen molar-refractivity contribution in [2.24, 2.45) is 11.1 Å². The molecule has 0 saturated heterocycles. The summed E-state index contributed by atoms with van der Waals surface area (Å²) in [7, 11) is 0. The van der Waals surface area contributed by atoms with Crippen molar-refractivity contribution in [1.82, 2.24) is 4.90 Å². The molecule has 18 heavy (non-hydrogen) atoms. The van der Waals surface area contributed by atoms with Crippen LogP contribution in [-0.4, -0.2) is 22.5 Å². The predicted octanol–water partition coefficient (Wildman–Crippen LogP) is 2.95. The molecule has 1 aliphatic carbocycles. The maximum atomic E-state index is 5.78. The molecule has 2 N–H and O–H groups in total. The van der Waals surface area contributed by atoms with Crippen molar-refractivity contribution >= 4 is 17.2 Å². The second-order valence-corrected chi connectivity index (χ2v) is 6.22. The van der Waals surface area contributed by atoms with Crippen molar-refractivity contribution in [3.05, 3.63) is 24.2 Å². The summed E-state index contributed by atoms with van der Waals surface area (Å²) >= 11 is 5.12. The van der Waals surface area contributed by atoms with Crippen LogP contribution in [0.15, 0.2) is 22.8 Å². The summed E-state index contributed by atoms with van der Waals surface area (Å²) < 4.78 is 5.43. The highest BCUT2D eigenvalue weighted by Crippen LogP contribution is 2.30. The lowest BCUT2D eigenvalue weighted by molar-refractivity contribution is 0.212. The van der Waals surface area contributed by atoms with Gasteiger partial charge < -0.3 is 10.2 Å². The Bertz CT molecular complexity index is 396. The molecule has 1 saturated carbocycles. The van der Waals surface area contributed by atoms with Crippen molar-refractivity contribution in [3.63, 3.8) is 0 Å². The summed E-state index contributed by atoms with van der Waals surface area (Å²) in [6.45, 7) is 6.15. The second-order valence-electron chi connectivity index (χ2n) is 5.78. The zero-order valence-electron chi connectivity index (χ0n) is 11.2. The Balaban J connectivity index is 1.89. The Hall–Kier alpha value is -0.870. The fourth-order valence-electron chi connectivity index (χ4n) is 1.98. The van der Waals surface area contributed by atoms with Crippen molar-refractivity contribution in [3.8, 4) is 0 Å². The average Bonchev–Trinajstić information content (AvgIpc) is 3.02. The second kappa shape index (κ2) is 5.41. The standard InChI is InChI=1S/C14H22N2OS/c1-14(2,13(15)18)7-8-16(11-5-6-11)10-12-4-3-9-17-12/h3-4,9,11H,5-8,10H2,1-2H3,(H2,15,18). The van der Waals surface area contributed by atoms with E-state index in [0.29, 0.717) is 4.99 Å². The Morgan fingerprint density at radius 2 is 2.28 bits per heavy atom. The van der Waals surface area contributed by atoms with Gasteiger partial charge >= 0.3 is 0 Å². The van der Waals surface area contributed by atoms with E-state index in [4.69, 9.17) is 22.4 Å². The summed E-state index contributed by atoms with van der Waals surface area (Å²) in [5.74, 6) is 1.04. The van der Waals surface area contributed by atoms with Gasteiger partial charge in [0.1, 0.15) is 5.76 Å². The van der Waals surface area contributed by atoms with Crippen LogP contribution in [0.5, 0.6) is 0 Å². The minimum atomic E-state index is -0.0639. The van der Waals surface area contributed by atoms with Gasteiger partial charge in [-0.1, -0.05) is 26.1 Å². The van der Waals surface area contributed by atoms with E-state index in [2.05, 4.69) is 18.7 Å². The Labute approximate surface area is 114 Å². The number of rotatable bonds is 7. The number of hydrogen-bond donors (Lipinski definition) is 1. The van der Waals surface area contributed by atoms with Gasteiger partial charge in [0.15, 0.2) is 0 Å². The van der Waals surface area contributed by atoms with Crippen LogP contribution in [0.3, 0.4) is 0 Å². The molecular formula is C14H22N2OS. The summed E-state index contributed by atoms with van der Waals surface area (Å²) in [6, 6.07) is 4.70. The van der Waals surface area contributed by atoms with Crippen LogP contribution < -0.4 is 5.73 Å². The monoisotopic (exact) mass is 266 g/mol. The van der Waals surface area contributed by atoms with E-state index in [9.17, 15) is 0 Å². The molecule has 0 spiro atoms. The Morgan fingerprint density at radius 3 is 2.78 bits per heavy atom. The number of hydrogen-bond acceptors (Lipinski definition) is 3. The third-order valence-electron chi connectivity index (χ3n) is 3.69. The Kier molecular flexibility index (Phi) is 4.07.